The molecule has 214 valence electrons. The molecular formula is C31H45N3O4S. The highest BCUT2D eigenvalue weighted by Gasteiger charge is 2.38. The number of ether oxygens (including phenoxy) is 1. The van der Waals surface area contributed by atoms with Crippen LogP contribution >= 0.6 is 11.8 Å². The van der Waals surface area contributed by atoms with Crippen molar-refractivity contribution in [2.45, 2.75) is 92.0 Å². The maximum Gasteiger partial charge on any atom is 0.408 e. The number of nitrogens with one attached hydrogen (secondary N) is 2. The van der Waals surface area contributed by atoms with Crippen molar-refractivity contribution >= 4 is 35.4 Å². The van der Waals surface area contributed by atoms with Crippen LogP contribution in [0.15, 0.2) is 42.5 Å². The maximum atomic E-state index is 14.3. The van der Waals surface area contributed by atoms with Gasteiger partial charge in [0.1, 0.15) is 17.7 Å². The van der Waals surface area contributed by atoms with Gasteiger partial charge < -0.3 is 20.3 Å². The van der Waals surface area contributed by atoms with Gasteiger partial charge in [-0.25, -0.2) is 4.79 Å². The Morgan fingerprint density at radius 1 is 1.03 bits per heavy atom. The minimum atomic E-state index is -0.899. The van der Waals surface area contributed by atoms with Crippen LogP contribution in [0.3, 0.4) is 0 Å². The number of carbonyl (C=O) groups is 3. The van der Waals surface area contributed by atoms with Crippen molar-refractivity contribution in [2.75, 3.05) is 17.3 Å². The number of carbonyl (C=O) groups excluding carboxylic acids is 3. The van der Waals surface area contributed by atoms with Crippen LogP contribution in [0.5, 0.6) is 0 Å². The highest BCUT2D eigenvalue weighted by Crippen LogP contribution is 2.30. The minimum Gasteiger partial charge on any atom is -0.444 e. The SMILES string of the molecule is CCC(C)N(C(=O)C(CCSC)NC(=O)OC(C)(C)C)C(C(=O)Nc1c(C)cccc1C)c1cccc(C)c1. The maximum absolute atomic E-state index is 14.3. The van der Waals surface area contributed by atoms with Crippen LogP contribution in [-0.4, -0.2) is 52.5 Å². The van der Waals surface area contributed by atoms with Crippen LogP contribution in [0.2, 0.25) is 0 Å². The lowest BCUT2D eigenvalue weighted by Gasteiger charge is -2.38. The van der Waals surface area contributed by atoms with Gasteiger partial charge in [-0.1, -0.05) is 55.0 Å². The molecule has 0 bridgehead atoms. The standard InChI is InChI=1S/C31H45N3O4S/c1-10-23(5)34(29(36)25(17-18-39-9)32-30(37)38-31(6,7)8)27(24-16-11-13-20(2)19-24)28(35)33-26-21(3)14-12-15-22(26)4/h11-16,19,23,25,27H,10,17-18H2,1-9H3,(H,32,37)(H,33,35). The molecule has 2 aromatic rings. The molecule has 0 saturated carbocycles. The molecule has 2 N–H and O–H groups in total. The molecule has 0 aliphatic rings. The lowest BCUT2D eigenvalue weighted by atomic mass is 9.97. The van der Waals surface area contributed by atoms with Gasteiger partial charge in [-0.05, 0) is 90.0 Å². The number of amides is 3. The number of para-hydroxylation sites is 1. The fourth-order valence-corrected chi connectivity index (χ4v) is 4.87. The second-order valence-electron chi connectivity index (χ2n) is 11.1. The number of thioether (sulfide) groups is 1. The first-order chi connectivity index (χ1) is 18.3. The largest absolute Gasteiger partial charge is 0.444 e. The van der Waals surface area contributed by atoms with Crippen molar-refractivity contribution in [3.63, 3.8) is 0 Å². The van der Waals surface area contributed by atoms with Gasteiger partial charge in [-0.15, -0.1) is 0 Å². The zero-order valence-corrected chi connectivity index (χ0v) is 25.7. The smallest absolute Gasteiger partial charge is 0.408 e. The quantitative estimate of drug-likeness (QED) is 0.328. The number of hydrogen-bond donors (Lipinski definition) is 2. The fourth-order valence-electron chi connectivity index (χ4n) is 4.40. The van der Waals surface area contributed by atoms with E-state index in [0.717, 1.165) is 22.4 Å². The van der Waals surface area contributed by atoms with Crippen LogP contribution in [0.1, 0.15) is 75.8 Å². The van der Waals surface area contributed by atoms with Gasteiger partial charge in [0, 0.05) is 11.7 Å². The van der Waals surface area contributed by atoms with E-state index >= 15 is 0 Å². The third kappa shape index (κ3) is 9.31. The number of rotatable bonds is 11. The number of alkyl carbamates (subject to hydrolysis) is 1. The average molecular weight is 556 g/mol. The van der Waals surface area contributed by atoms with E-state index in [1.54, 1.807) is 37.4 Å². The Morgan fingerprint density at radius 2 is 1.64 bits per heavy atom. The Kier molecular flexibility index (Phi) is 11.9. The monoisotopic (exact) mass is 555 g/mol. The van der Waals surface area contributed by atoms with Crippen molar-refractivity contribution in [3.8, 4) is 0 Å². The highest BCUT2D eigenvalue weighted by atomic mass is 32.2. The van der Waals surface area contributed by atoms with E-state index in [0.29, 0.717) is 24.2 Å². The summed E-state index contributed by atoms with van der Waals surface area (Å²) >= 11 is 1.59. The molecular weight excluding hydrogens is 510 g/mol. The predicted octanol–water partition coefficient (Wildman–Crippen LogP) is 6.57. The summed E-state index contributed by atoms with van der Waals surface area (Å²) in [6, 6.07) is 11.5. The Balaban J connectivity index is 2.59. The second kappa shape index (κ2) is 14.4. The minimum absolute atomic E-state index is 0.274. The number of hydrogen-bond acceptors (Lipinski definition) is 5. The molecule has 3 atom stereocenters. The molecule has 0 saturated heterocycles. The molecule has 39 heavy (non-hydrogen) atoms. The van der Waals surface area contributed by atoms with Gasteiger partial charge in [-0.3, -0.25) is 9.59 Å². The Bertz CT molecular complexity index is 1120. The summed E-state index contributed by atoms with van der Waals surface area (Å²) in [5.41, 5.74) is 3.62. The van der Waals surface area contributed by atoms with Gasteiger partial charge in [0.2, 0.25) is 5.91 Å². The van der Waals surface area contributed by atoms with Crippen molar-refractivity contribution in [3.05, 3.63) is 64.7 Å². The molecule has 8 heteroatoms. The molecule has 3 unspecified atom stereocenters. The summed E-state index contributed by atoms with van der Waals surface area (Å²) in [5, 5.41) is 5.91. The second-order valence-corrected chi connectivity index (χ2v) is 12.0. The van der Waals surface area contributed by atoms with E-state index in [1.807, 2.05) is 83.3 Å². The van der Waals surface area contributed by atoms with Crippen LogP contribution in [0.25, 0.3) is 0 Å². The first-order valence-corrected chi connectivity index (χ1v) is 14.9. The van der Waals surface area contributed by atoms with Crippen molar-refractivity contribution in [1.82, 2.24) is 10.2 Å². The molecule has 0 aliphatic carbocycles. The van der Waals surface area contributed by atoms with Gasteiger partial charge in [0.25, 0.3) is 5.91 Å². The third-order valence-corrected chi connectivity index (χ3v) is 7.18. The van der Waals surface area contributed by atoms with Crippen LogP contribution < -0.4 is 10.6 Å². The predicted molar refractivity (Wildman–Crippen MR) is 161 cm³/mol. The highest BCUT2D eigenvalue weighted by molar-refractivity contribution is 7.98. The van der Waals surface area contributed by atoms with Gasteiger partial charge in [0.15, 0.2) is 0 Å². The lowest BCUT2D eigenvalue weighted by molar-refractivity contribution is -0.143. The first-order valence-electron chi connectivity index (χ1n) is 13.5. The molecule has 3 amide bonds. The lowest BCUT2D eigenvalue weighted by Crippen LogP contribution is -2.55. The third-order valence-electron chi connectivity index (χ3n) is 6.53. The summed E-state index contributed by atoms with van der Waals surface area (Å²) in [5.74, 6) is 0.0459. The topological polar surface area (TPSA) is 87.7 Å². The Morgan fingerprint density at radius 3 is 2.18 bits per heavy atom. The van der Waals surface area contributed by atoms with Crippen LogP contribution in [0, 0.1) is 20.8 Å². The summed E-state index contributed by atoms with van der Waals surface area (Å²) in [6.45, 7) is 15.1. The van der Waals surface area contributed by atoms with Gasteiger partial charge in [0.05, 0.1) is 0 Å². The van der Waals surface area contributed by atoms with E-state index in [9.17, 15) is 14.4 Å². The number of benzene rings is 2. The molecule has 0 aliphatic heterocycles. The number of anilines is 1. The van der Waals surface area contributed by atoms with Gasteiger partial charge >= 0.3 is 6.09 Å². The summed E-state index contributed by atoms with van der Waals surface area (Å²) in [4.78, 5) is 42.8. The molecule has 0 radical (unpaired) electrons. The van der Waals surface area contributed by atoms with Crippen molar-refractivity contribution in [2.24, 2.45) is 0 Å². The summed E-state index contributed by atoms with van der Waals surface area (Å²) in [7, 11) is 0. The number of aryl methyl sites for hydroxylation is 3. The zero-order chi connectivity index (χ0) is 29.3. The molecule has 2 aromatic carbocycles. The summed E-state index contributed by atoms with van der Waals surface area (Å²) in [6.07, 6.45) is 2.34. The summed E-state index contributed by atoms with van der Waals surface area (Å²) < 4.78 is 5.47. The molecule has 7 nitrogen and oxygen atoms in total. The average Bonchev–Trinajstić information content (AvgIpc) is 2.85. The molecule has 2 rings (SSSR count). The number of nitrogens with zero attached hydrogens (tertiary/aromatic N) is 1. The Hall–Kier alpha value is -3.00. The van der Waals surface area contributed by atoms with Crippen molar-refractivity contribution in [1.29, 1.82) is 0 Å². The van der Waals surface area contributed by atoms with E-state index in [2.05, 4.69) is 10.6 Å². The van der Waals surface area contributed by atoms with Crippen LogP contribution in [-0.2, 0) is 14.3 Å². The van der Waals surface area contributed by atoms with Crippen LogP contribution in [0.4, 0.5) is 10.5 Å². The molecule has 0 heterocycles. The van der Waals surface area contributed by atoms with E-state index in [-0.39, 0.29) is 17.9 Å². The normalized spacial score (nSPS) is 13.7. The fraction of sp³-hybridized carbons (Fsp3) is 0.516. The van der Waals surface area contributed by atoms with Gasteiger partial charge in [-0.2, -0.15) is 11.8 Å². The Labute approximate surface area is 238 Å². The zero-order valence-electron chi connectivity index (χ0n) is 24.9. The van der Waals surface area contributed by atoms with Crippen molar-refractivity contribution < 1.29 is 19.1 Å². The molecule has 0 fully saturated rings. The molecule has 0 spiro atoms. The van der Waals surface area contributed by atoms with E-state index in [1.165, 1.54) is 0 Å². The molecule has 0 aromatic heterocycles. The van der Waals surface area contributed by atoms with E-state index < -0.39 is 23.8 Å². The van der Waals surface area contributed by atoms with E-state index in [4.69, 9.17) is 4.74 Å². The first kappa shape index (κ1) is 32.2.